The SMILES string of the molecule is CC(=O)N1CCN(c2ccc(NC(=O)c3nnc(NC(=O)Cc4cn(C)c5ccccc45)o3)cc2)CC1. The molecule has 11 heteroatoms. The van der Waals surface area contributed by atoms with Gasteiger partial charge in [0.15, 0.2) is 0 Å². The van der Waals surface area contributed by atoms with Crippen LogP contribution in [0.2, 0.25) is 0 Å². The van der Waals surface area contributed by atoms with Crippen molar-refractivity contribution in [1.29, 1.82) is 0 Å². The summed E-state index contributed by atoms with van der Waals surface area (Å²) in [6, 6.07) is 15.1. The third-order valence-corrected chi connectivity index (χ3v) is 6.41. The van der Waals surface area contributed by atoms with Crippen molar-refractivity contribution in [2.45, 2.75) is 13.3 Å². The Labute approximate surface area is 213 Å². The molecule has 2 aromatic carbocycles. The Morgan fingerprint density at radius 1 is 0.946 bits per heavy atom. The first kappa shape index (κ1) is 24.0. The molecule has 3 heterocycles. The number of carbonyl (C=O) groups is 3. The van der Waals surface area contributed by atoms with E-state index < -0.39 is 5.91 Å². The van der Waals surface area contributed by atoms with Crippen molar-refractivity contribution in [2.24, 2.45) is 7.05 Å². The molecule has 0 spiro atoms. The van der Waals surface area contributed by atoms with Gasteiger partial charge in [0.2, 0.25) is 11.8 Å². The molecule has 11 nitrogen and oxygen atoms in total. The molecule has 5 rings (SSSR count). The van der Waals surface area contributed by atoms with Crippen LogP contribution in [0.5, 0.6) is 0 Å². The van der Waals surface area contributed by atoms with Gasteiger partial charge in [0.25, 0.3) is 0 Å². The zero-order valence-electron chi connectivity index (χ0n) is 20.6. The smallest absolute Gasteiger partial charge is 0.322 e. The van der Waals surface area contributed by atoms with E-state index in [1.807, 2.05) is 59.1 Å². The van der Waals surface area contributed by atoms with Gasteiger partial charge in [0, 0.05) is 68.6 Å². The number of carbonyl (C=O) groups excluding carboxylic acids is 3. The number of anilines is 3. The van der Waals surface area contributed by atoms with Crippen LogP contribution in [-0.4, -0.2) is 63.6 Å². The summed E-state index contributed by atoms with van der Waals surface area (Å²) in [4.78, 5) is 40.6. The van der Waals surface area contributed by atoms with Gasteiger partial charge in [0.1, 0.15) is 0 Å². The van der Waals surface area contributed by atoms with Crippen LogP contribution in [0, 0.1) is 0 Å². The predicted octanol–water partition coefficient (Wildman–Crippen LogP) is 2.66. The van der Waals surface area contributed by atoms with Crippen LogP contribution in [0.1, 0.15) is 23.2 Å². The summed E-state index contributed by atoms with van der Waals surface area (Å²) in [6.45, 7) is 4.46. The topological polar surface area (TPSA) is 126 Å². The Morgan fingerprint density at radius 2 is 1.68 bits per heavy atom. The number of fused-ring (bicyclic) bond motifs is 1. The molecule has 1 saturated heterocycles. The summed E-state index contributed by atoms with van der Waals surface area (Å²) in [6.07, 6.45) is 2.04. The number of piperazine rings is 1. The molecule has 190 valence electrons. The van der Waals surface area contributed by atoms with E-state index in [0.29, 0.717) is 18.8 Å². The van der Waals surface area contributed by atoms with E-state index in [9.17, 15) is 14.4 Å². The Kier molecular flexibility index (Phi) is 6.59. The molecule has 0 bridgehead atoms. The van der Waals surface area contributed by atoms with Crippen LogP contribution in [0.25, 0.3) is 10.9 Å². The van der Waals surface area contributed by atoms with Crippen molar-refractivity contribution in [3.05, 3.63) is 66.2 Å². The fraction of sp³-hybridized carbons (Fsp3) is 0.269. The quantitative estimate of drug-likeness (QED) is 0.416. The highest BCUT2D eigenvalue weighted by Crippen LogP contribution is 2.22. The lowest BCUT2D eigenvalue weighted by Gasteiger charge is -2.35. The summed E-state index contributed by atoms with van der Waals surface area (Å²) < 4.78 is 7.32. The van der Waals surface area contributed by atoms with Crippen LogP contribution in [0.3, 0.4) is 0 Å². The summed E-state index contributed by atoms with van der Waals surface area (Å²) >= 11 is 0. The molecule has 0 aliphatic carbocycles. The molecule has 0 radical (unpaired) electrons. The van der Waals surface area contributed by atoms with E-state index in [-0.39, 0.29) is 30.1 Å². The van der Waals surface area contributed by atoms with Gasteiger partial charge in [-0.05, 0) is 35.9 Å². The number of para-hydroxylation sites is 1. The van der Waals surface area contributed by atoms with Gasteiger partial charge in [0.05, 0.1) is 6.42 Å². The highest BCUT2D eigenvalue weighted by atomic mass is 16.4. The number of hydrogen-bond acceptors (Lipinski definition) is 7. The predicted molar refractivity (Wildman–Crippen MR) is 138 cm³/mol. The third kappa shape index (κ3) is 5.30. The minimum atomic E-state index is -0.579. The second-order valence-corrected chi connectivity index (χ2v) is 8.91. The third-order valence-electron chi connectivity index (χ3n) is 6.41. The fourth-order valence-corrected chi connectivity index (χ4v) is 4.49. The van der Waals surface area contributed by atoms with E-state index in [4.69, 9.17) is 4.42 Å². The van der Waals surface area contributed by atoms with Crippen molar-refractivity contribution in [3.63, 3.8) is 0 Å². The summed E-state index contributed by atoms with van der Waals surface area (Å²) in [7, 11) is 1.93. The normalized spacial score (nSPS) is 13.6. The first-order chi connectivity index (χ1) is 17.9. The van der Waals surface area contributed by atoms with Crippen molar-refractivity contribution in [2.75, 3.05) is 41.7 Å². The number of nitrogens with zero attached hydrogens (tertiary/aromatic N) is 5. The molecule has 4 aromatic rings. The Morgan fingerprint density at radius 3 is 2.41 bits per heavy atom. The monoisotopic (exact) mass is 501 g/mol. The van der Waals surface area contributed by atoms with Gasteiger partial charge in [-0.15, -0.1) is 5.10 Å². The molecule has 3 amide bonds. The van der Waals surface area contributed by atoms with E-state index in [1.165, 1.54) is 0 Å². The molecular weight excluding hydrogens is 474 g/mol. The molecule has 1 aliphatic rings. The summed E-state index contributed by atoms with van der Waals surface area (Å²) in [5.41, 5.74) is 3.48. The average molecular weight is 502 g/mol. The summed E-state index contributed by atoms with van der Waals surface area (Å²) in [5.74, 6) is -1.08. The highest BCUT2D eigenvalue weighted by Gasteiger charge is 2.20. The largest absolute Gasteiger partial charge is 0.399 e. The van der Waals surface area contributed by atoms with Crippen LogP contribution in [0.4, 0.5) is 17.4 Å². The fourth-order valence-electron chi connectivity index (χ4n) is 4.49. The maximum absolute atomic E-state index is 12.6. The minimum absolute atomic E-state index is 0.0891. The van der Waals surface area contributed by atoms with Crippen LogP contribution in [-0.2, 0) is 23.1 Å². The second-order valence-electron chi connectivity index (χ2n) is 8.91. The van der Waals surface area contributed by atoms with Gasteiger partial charge in [-0.2, -0.15) is 0 Å². The van der Waals surface area contributed by atoms with Crippen LogP contribution in [0.15, 0.2) is 59.1 Å². The van der Waals surface area contributed by atoms with E-state index >= 15 is 0 Å². The van der Waals surface area contributed by atoms with Crippen molar-refractivity contribution >= 4 is 46.0 Å². The second kappa shape index (κ2) is 10.1. The van der Waals surface area contributed by atoms with Gasteiger partial charge in [-0.1, -0.05) is 23.3 Å². The standard InChI is InChI=1S/C26H27N7O4/c1-17(34)32-11-13-33(14-12-32)20-9-7-19(8-10-20)27-24(36)25-29-30-26(37-25)28-23(35)15-18-16-31(2)22-6-4-3-5-21(18)22/h3-10,16H,11-15H2,1-2H3,(H,27,36)(H,28,30,35). The molecule has 2 N–H and O–H groups in total. The maximum atomic E-state index is 12.6. The lowest BCUT2D eigenvalue weighted by atomic mass is 10.1. The Balaban J connectivity index is 1.15. The number of aryl methyl sites for hydroxylation is 1. The first-order valence-electron chi connectivity index (χ1n) is 12.0. The van der Waals surface area contributed by atoms with E-state index in [0.717, 1.165) is 35.2 Å². The average Bonchev–Trinajstić information content (AvgIpc) is 3.49. The minimum Gasteiger partial charge on any atom is -0.399 e. The zero-order valence-corrected chi connectivity index (χ0v) is 20.6. The summed E-state index contributed by atoms with van der Waals surface area (Å²) in [5, 5.41) is 13.8. The zero-order chi connectivity index (χ0) is 25.9. The molecule has 37 heavy (non-hydrogen) atoms. The van der Waals surface area contributed by atoms with Crippen molar-refractivity contribution in [1.82, 2.24) is 19.7 Å². The number of benzene rings is 2. The maximum Gasteiger partial charge on any atom is 0.322 e. The van der Waals surface area contributed by atoms with Gasteiger partial charge >= 0.3 is 17.8 Å². The van der Waals surface area contributed by atoms with E-state index in [2.05, 4.69) is 25.7 Å². The number of amides is 3. The molecule has 0 unspecified atom stereocenters. The van der Waals surface area contributed by atoms with Crippen molar-refractivity contribution < 1.29 is 18.8 Å². The van der Waals surface area contributed by atoms with Crippen LogP contribution < -0.4 is 15.5 Å². The Bertz CT molecular complexity index is 1450. The number of aromatic nitrogens is 3. The molecule has 0 atom stereocenters. The van der Waals surface area contributed by atoms with Gasteiger partial charge < -0.3 is 24.1 Å². The van der Waals surface area contributed by atoms with Gasteiger partial charge in [-0.3, -0.25) is 19.7 Å². The number of nitrogens with one attached hydrogen (secondary N) is 2. The highest BCUT2D eigenvalue weighted by molar-refractivity contribution is 6.01. The molecule has 1 aliphatic heterocycles. The van der Waals surface area contributed by atoms with E-state index in [1.54, 1.807) is 19.1 Å². The molecule has 2 aromatic heterocycles. The van der Waals surface area contributed by atoms with Crippen molar-refractivity contribution in [3.8, 4) is 0 Å². The Hall–Kier alpha value is -4.67. The first-order valence-corrected chi connectivity index (χ1v) is 12.0. The molecular formula is C26H27N7O4. The lowest BCUT2D eigenvalue weighted by Crippen LogP contribution is -2.48. The van der Waals surface area contributed by atoms with Gasteiger partial charge in [-0.25, -0.2) is 0 Å². The molecule has 1 fully saturated rings. The number of rotatable bonds is 6. The number of hydrogen-bond donors (Lipinski definition) is 2. The molecule has 0 saturated carbocycles. The lowest BCUT2D eigenvalue weighted by molar-refractivity contribution is -0.129. The van der Waals surface area contributed by atoms with Crippen LogP contribution >= 0.6 is 0 Å².